The van der Waals surface area contributed by atoms with Crippen molar-refractivity contribution in [2.24, 2.45) is 0 Å². The number of benzene rings is 2. The number of ether oxygens (including phenoxy) is 2. The molecule has 0 atom stereocenters. The van der Waals surface area contributed by atoms with E-state index < -0.39 is 34.9 Å². The first-order chi connectivity index (χ1) is 12.3. The second-order valence-electron chi connectivity index (χ2n) is 4.89. The highest BCUT2D eigenvalue weighted by Gasteiger charge is 2.19. The van der Waals surface area contributed by atoms with Crippen molar-refractivity contribution >= 4 is 34.9 Å². The Labute approximate surface area is 151 Å². The number of methoxy groups -OCH3 is 1. The van der Waals surface area contributed by atoms with Crippen molar-refractivity contribution in [1.82, 2.24) is 0 Å². The van der Waals surface area contributed by atoms with Crippen LogP contribution in [0.3, 0.4) is 0 Å². The lowest BCUT2D eigenvalue weighted by Crippen LogP contribution is -2.21. The fourth-order valence-corrected chi connectivity index (χ4v) is 2.11. The maximum absolute atomic E-state index is 13.6. The zero-order valence-corrected chi connectivity index (χ0v) is 14.1. The van der Waals surface area contributed by atoms with Crippen molar-refractivity contribution in [1.29, 1.82) is 0 Å². The van der Waals surface area contributed by atoms with Gasteiger partial charge in [-0.3, -0.25) is 14.9 Å². The molecule has 0 saturated heterocycles. The average molecular weight is 383 g/mol. The van der Waals surface area contributed by atoms with E-state index >= 15 is 0 Å². The molecule has 1 N–H and O–H groups in total. The first kappa shape index (κ1) is 19.1. The van der Waals surface area contributed by atoms with Crippen molar-refractivity contribution in [2.75, 3.05) is 19.0 Å². The number of amides is 1. The molecule has 1 amide bonds. The van der Waals surface area contributed by atoms with Crippen LogP contribution in [0.5, 0.6) is 5.75 Å². The fraction of sp³-hybridized carbons (Fsp3) is 0.125. The number of hydrogen-bond donors (Lipinski definition) is 1. The quantitative estimate of drug-likeness (QED) is 0.467. The van der Waals surface area contributed by atoms with Gasteiger partial charge in [-0.1, -0.05) is 11.6 Å². The number of carbonyl (C=O) groups excluding carboxylic acids is 2. The monoisotopic (exact) mass is 382 g/mol. The predicted molar refractivity (Wildman–Crippen MR) is 90.0 cm³/mol. The highest BCUT2D eigenvalue weighted by Crippen LogP contribution is 2.27. The van der Waals surface area contributed by atoms with Gasteiger partial charge in [0, 0.05) is 11.1 Å². The van der Waals surface area contributed by atoms with Crippen LogP contribution in [0.1, 0.15) is 10.4 Å². The molecule has 136 valence electrons. The van der Waals surface area contributed by atoms with Crippen LogP contribution in [0.15, 0.2) is 36.4 Å². The molecule has 0 aliphatic rings. The average Bonchev–Trinajstić information content (AvgIpc) is 2.61. The van der Waals surface area contributed by atoms with Gasteiger partial charge in [-0.15, -0.1) is 0 Å². The van der Waals surface area contributed by atoms with Gasteiger partial charge in [0.1, 0.15) is 5.82 Å². The Kier molecular flexibility index (Phi) is 6.07. The molecule has 0 saturated carbocycles. The van der Waals surface area contributed by atoms with Gasteiger partial charge in [-0.25, -0.2) is 9.18 Å². The van der Waals surface area contributed by atoms with E-state index in [2.05, 4.69) is 5.32 Å². The van der Waals surface area contributed by atoms with Gasteiger partial charge in [0.15, 0.2) is 12.4 Å². The third kappa shape index (κ3) is 4.67. The molecule has 0 bridgehead atoms. The van der Waals surface area contributed by atoms with Gasteiger partial charge in [0.05, 0.1) is 23.3 Å². The van der Waals surface area contributed by atoms with Crippen molar-refractivity contribution in [3.63, 3.8) is 0 Å². The molecule has 2 aromatic carbocycles. The van der Waals surface area contributed by atoms with Gasteiger partial charge in [0.25, 0.3) is 5.91 Å². The van der Waals surface area contributed by atoms with E-state index in [4.69, 9.17) is 21.1 Å². The Bertz CT molecular complexity index is 874. The summed E-state index contributed by atoms with van der Waals surface area (Å²) in [5, 5.41) is 13.3. The molecule has 0 unspecified atom stereocenters. The minimum absolute atomic E-state index is 0.0255. The lowest BCUT2D eigenvalue weighted by molar-refractivity contribution is -0.385. The van der Waals surface area contributed by atoms with Gasteiger partial charge in [-0.05, 0) is 30.3 Å². The lowest BCUT2D eigenvalue weighted by atomic mass is 10.2. The standard InChI is InChI=1S/C16H12ClFN2O6/c1-25-14-5-2-9(6-13(14)20(23)24)16(22)26-8-15(21)19-12-4-3-10(17)7-11(12)18/h2-7H,8H2,1H3,(H,19,21). The van der Waals surface area contributed by atoms with Crippen LogP contribution in [-0.2, 0) is 9.53 Å². The highest BCUT2D eigenvalue weighted by atomic mass is 35.5. The van der Waals surface area contributed by atoms with Crippen LogP contribution in [0, 0.1) is 15.9 Å². The van der Waals surface area contributed by atoms with Crippen LogP contribution in [0.4, 0.5) is 15.8 Å². The SMILES string of the molecule is COc1ccc(C(=O)OCC(=O)Nc2ccc(Cl)cc2F)cc1[N+](=O)[O-]. The predicted octanol–water partition coefficient (Wildman–Crippen LogP) is 3.19. The van der Waals surface area contributed by atoms with E-state index in [9.17, 15) is 24.1 Å². The molecule has 0 heterocycles. The van der Waals surface area contributed by atoms with Crippen molar-refractivity contribution < 1.29 is 28.4 Å². The Morgan fingerprint density at radius 2 is 2.00 bits per heavy atom. The van der Waals surface area contributed by atoms with E-state index in [0.29, 0.717) is 0 Å². The minimum Gasteiger partial charge on any atom is -0.490 e. The van der Waals surface area contributed by atoms with Gasteiger partial charge in [-0.2, -0.15) is 0 Å². The molecule has 2 rings (SSSR count). The molecular formula is C16H12ClFN2O6. The third-order valence-electron chi connectivity index (χ3n) is 3.15. The second kappa shape index (κ2) is 8.26. The third-order valence-corrected chi connectivity index (χ3v) is 3.39. The number of carbonyl (C=O) groups is 2. The summed E-state index contributed by atoms with van der Waals surface area (Å²) in [4.78, 5) is 33.9. The summed E-state index contributed by atoms with van der Waals surface area (Å²) in [6.07, 6.45) is 0. The molecule has 0 fully saturated rings. The van der Waals surface area contributed by atoms with Gasteiger partial charge in [0.2, 0.25) is 0 Å². The molecule has 10 heteroatoms. The van der Waals surface area contributed by atoms with Crippen LogP contribution in [-0.4, -0.2) is 30.5 Å². The molecule has 0 aliphatic heterocycles. The van der Waals surface area contributed by atoms with E-state index in [1.807, 2.05) is 0 Å². The number of anilines is 1. The largest absolute Gasteiger partial charge is 0.490 e. The highest BCUT2D eigenvalue weighted by molar-refractivity contribution is 6.30. The lowest BCUT2D eigenvalue weighted by Gasteiger charge is -2.08. The van der Waals surface area contributed by atoms with Crippen molar-refractivity contribution in [3.8, 4) is 5.75 Å². The second-order valence-corrected chi connectivity index (χ2v) is 5.33. The first-order valence-electron chi connectivity index (χ1n) is 7.06. The number of nitrogens with one attached hydrogen (secondary N) is 1. The van der Waals surface area contributed by atoms with E-state index in [0.717, 1.165) is 12.1 Å². The minimum atomic E-state index is -0.956. The number of rotatable bonds is 6. The molecule has 0 aromatic heterocycles. The van der Waals surface area contributed by atoms with E-state index in [-0.39, 0.29) is 22.0 Å². The molecule has 0 radical (unpaired) electrons. The summed E-state index contributed by atoms with van der Waals surface area (Å²) >= 11 is 5.60. The normalized spacial score (nSPS) is 10.1. The summed E-state index contributed by atoms with van der Waals surface area (Å²) in [6.45, 7) is -0.708. The summed E-state index contributed by atoms with van der Waals surface area (Å²) in [5.41, 5.74) is -0.687. The van der Waals surface area contributed by atoms with E-state index in [1.54, 1.807) is 0 Å². The van der Waals surface area contributed by atoms with Gasteiger partial charge < -0.3 is 14.8 Å². The van der Waals surface area contributed by atoms with Crippen LogP contribution in [0.25, 0.3) is 0 Å². The summed E-state index contributed by atoms with van der Waals surface area (Å²) in [6, 6.07) is 7.10. The Balaban J connectivity index is 2.00. The van der Waals surface area contributed by atoms with Crippen molar-refractivity contribution in [3.05, 3.63) is 62.9 Å². The number of nitro groups is 1. The number of esters is 1. The maximum Gasteiger partial charge on any atom is 0.338 e. The molecule has 26 heavy (non-hydrogen) atoms. The van der Waals surface area contributed by atoms with Gasteiger partial charge >= 0.3 is 11.7 Å². The van der Waals surface area contributed by atoms with E-state index in [1.165, 1.54) is 31.4 Å². The van der Waals surface area contributed by atoms with Crippen LogP contribution >= 0.6 is 11.6 Å². The first-order valence-corrected chi connectivity index (χ1v) is 7.44. The zero-order valence-electron chi connectivity index (χ0n) is 13.3. The maximum atomic E-state index is 13.6. The summed E-state index contributed by atoms with van der Waals surface area (Å²) in [5.74, 6) is -2.52. The molecular weight excluding hydrogens is 371 g/mol. The Morgan fingerprint density at radius 3 is 2.62 bits per heavy atom. The molecule has 2 aromatic rings. The van der Waals surface area contributed by atoms with Crippen molar-refractivity contribution in [2.45, 2.75) is 0 Å². The molecule has 8 nitrogen and oxygen atoms in total. The van der Waals surface area contributed by atoms with Crippen LogP contribution < -0.4 is 10.1 Å². The number of nitro benzene ring substituents is 1. The number of hydrogen-bond acceptors (Lipinski definition) is 6. The fourth-order valence-electron chi connectivity index (χ4n) is 1.95. The topological polar surface area (TPSA) is 108 Å². The number of nitrogens with zero attached hydrogens (tertiary/aromatic N) is 1. The summed E-state index contributed by atoms with van der Waals surface area (Å²) in [7, 11) is 1.25. The Morgan fingerprint density at radius 1 is 1.27 bits per heavy atom. The van der Waals surface area contributed by atoms with Crippen LogP contribution in [0.2, 0.25) is 5.02 Å². The molecule has 0 spiro atoms. The molecule has 0 aliphatic carbocycles. The zero-order chi connectivity index (χ0) is 19.3. The summed E-state index contributed by atoms with van der Waals surface area (Å²) < 4.78 is 23.2. The Hall–Kier alpha value is -3.20. The number of halogens is 2. The smallest absolute Gasteiger partial charge is 0.338 e.